The van der Waals surface area contributed by atoms with Gasteiger partial charge in [-0.05, 0) is 37.3 Å². The van der Waals surface area contributed by atoms with Crippen molar-refractivity contribution in [2.75, 3.05) is 13.7 Å². The molecule has 118 valence electrons. The van der Waals surface area contributed by atoms with Crippen LogP contribution in [0.3, 0.4) is 0 Å². The fraction of sp³-hybridized carbons (Fsp3) is 0.765. The molecule has 2 rings (SSSR count). The summed E-state index contributed by atoms with van der Waals surface area (Å²) in [4.78, 5) is 0. The number of nitrogens with zero attached hydrogens (tertiary/aromatic N) is 2. The van der Waals surface area contributed by atoms with Crippen molar-refractivity contribution in [1.29, 1.82) is 0 Å². The van der Waals surface area contributed by atoms with Crippen LogP contribution >= 0.6 is 0 Å². The van der Waals surface area contributed by atoms with Gasteiger partial charge in [-0.1, -0.05) is 39.5 Å². The van der Waals surface area contributed by atoms with Gasteiger partial charge in [-0.3, -0.25) is 0 Å². The van der Waals surface area contributed by atoms with Gasteiger partial charge in [0.1, 0.15) is 0 Å². The van der Waals surface area contributed by atoms with Crippen molar-refractivity contribution in [2.24, 2.45) is 11.8 Å². The van der Waals surface area contributed by atoms with Gasteiger partial charge in [0.15, 0.2) is 0 Å². The summed E-state index contributed by atoms with van der Waals surface area (Å²) < 4.78 is 5.12. The van der Waals surface area contributed by atoms with Gasteiger partial charge in [0.05, 0.1) is 18.8 Å². The molecule has 1 aliphatic rings. The topological polar surface area (TPSA) is 47.0 Å². The van der Waals surface area contributed by atoms with Crippen molar-refractivity contribution in [3.05, 3.63) is 17.8 Å². The zero-order valence-corrected chi connectivity index (χ0v) is 13.6. The van der Waals surface area contributed by atoms with E-state index < -0.39 is 0 Å². The summed E-state index contributed by atoms with van der Waals surface area (Å²) in [6, 6.07) is 4.32. The molecule has 1 fully saturated rings. The third-order valence-corrected chi connectivity index (χ3v) is 4.72. The lowest BCUT2D eigenvalue weighted by atomic mass is 9.73. The number of aromatic nitrogens is 2. The molecule has 0 amide bonds. The molecule has 0 bridgehead atoms. The van der Waals surface area contributed by atoms with Gasteiger partial charge in [0.25, 0.3) is 0 Å². The average Bonchev–Trinajstić information content (AvgIpc) is 2.56. The summed E-state index contributed by atoms with van der Waals surface area (Å²) in [6.07, 6.45) is 7.78. The summed E-state index contributed by atoms with van der Waals surface area (Å²) in [5.74, 6) is 2.07. The number of rotatable bonds is 7. The highest BCUT2D eigenvalue weighted by Crippen LogP contribution is 2.39. The molecule has 3 unspecified atom stereocenters. The summed E-state index contributed by atoms with van der Waals surface area (Å²) in [6.45, 7) is 5.56. The van der Waals surface area contributed by atoms with Crippen LogP contribution in [0, 0.1) is 11.8 Å². The van der Waals surface area contributed by atoms with Crippen LogP contribution in [0.2, 0.25) is 0 Å². The van der Waals surface area contributed by atoms with Gasteiger partial charge >= 0.3 is 0 Å². The van der Waals surface area contributed by atoms with E-state index in [0.717, 1.165) is 24.6 Å². The maximum atomic E-state index is 5.12. The van der Waals surface area contributed by atoms with E-state index in [-0.39, 0.29) is 0 Å². The lowest BCUT2D eigenvalue weighted by Crippen LogP contribution is -2.35. The van der Waals surface area contributed by atoms with Gasteiger partial charge in [-0.15, -0.1) is 5.10 Å². The summed E-state index contributed by atoms with van der Waals surface area (Å²) in [5.41, 5.74) is 1.06. The van der Waals surface area contributed by atoms with Crippen molar-refractivity contribution >= 4 is 0 Å². The van der Waals surface area contributed by atoms with Crippen molar-refractivity contribution in [3.63, 3.8) is 0 Å². The number of hydrogen-bond acceptors (Lipinski definition) is 4. The van der Waals surface area contributed by atoms with E-state index in [1.54, 1.807) is 7.11 Å². The van der Waals surface area contributed by atoms with Crippen molar-refractivity contribution < 1.29 is 4.74 Å². The smallest absolute Gasteiger partial charge is 0.233 e. The standard InChI is InChI=1S/C17H29N3O/c1-4-12-18-17(14-9-7-6-8-13(14)5-2)15-10-11-16(21-3)20-19-15/h10-11,13-14,17-18H,4-9,12H2,1-3H3. The van der Waals surface area contributed by atoms with Crippen molar-refractivity contribution in [3.8, 4) is 5.88 Å². The van der Waals surface area contributed by atoms with E-state index in [2.05, 4.69) is 35.4 Å². The molecule has 4 heteroatoms. The molecule has 0 aromatic carbocycles. The minimum Gasteiger partial charge on any atom is -0.480 e. The minimum absolute atomic E-state index is 0.327. The predicted octanol–water partition coefficient (Wildman–Crippen LogP) is 3.74. The van der Waals surface area contributed by atoms with Gasteiger partial charge in [0.2, 0.25) is 5.88 Å². The van der Waals surface area contributed by atoms with Crippen LogP contribution in [-0.4, -0.2) is 23.9 Å². The van der Waals surface area contributed by atoms with Crippen LogP contribution in [0.4, 0.5) is 0 Å². The molecule has 1 aromatic heterocycles. The Kier molecular flexibility index (Phi) is 6.43. The highest BCUT2D eigenvalue weighted by Gasteiger charge is 2.32. The molecule has 1 heterocycles. The lowest BCUT2D eigenvalue weighted by Gasteiger charge is -2.37. The molecule has 1 saturated carbocycles. The Hall–Kier alpha value is -1.16. The third-order valence-electron chi connectivity index (χ3n) is 4.72. The predicted molar refractivity (Wildman–Crippen MR) is 85.4 cm³/mol. The maximum Gasteiger partial charge on any atom is 0.233 e. The van der Waals surface area contributed by atoms with E-state index in [0.29, 0.717) is 17.8 Å². The molecule has 4 nitrogen and oxygen atoms in total. The fourth-order valence-corrected chi connectivity index (χ4v) is 3.56. The first-order valence-corrected chi connectivity index (χ1v) is 8.41. The van der Waals surface area contributed by atoms with E-state index >= 15 is 0 Å². The second kappa shape index (κ2) is 8.32. The number of ether oxygens (including phenoxy) is 1. The minimum atomic E-state index is 0.327. The van der Waals surface area contributed by atoms with Crippen molar-refractivity contribution in [2.45, 2.75) is 58.4 Å². The van der Waals surface area contributed by atoms with Crippen LogP contribution in [0.1, 0.15) is 64.1 Å². The quantitative estimate of drug-likeness (QED) is 0.831. The molecule has 1 aliphatic carbocycles. The SMILES string of the molecule is CCCNC(c1ccc(OC)nn1)C1CCCCC1CC. The van der Waals surface area contributed by atoms with E-state index in [9.17, 15) is 0 Å². The molecular formula is C17H29N3O. The largest absolute Gasteiger partial charge is 0.480 e. The number of nitrogens with one attached hydrogen (secondary N) is 1. The Balaban J connectivity index is 2.18. The van der Waals surface area contributed by atoms with Gasteiger partial charge in [-0.2, -0.15) is 5.10 Å². The third kappa shape index (κ3) is 4.16. The number of methoxy groups -OCH3 is 1. The van der Waals surface area contributed by atoms with Crippen LogP contribution < -0.4 is 10.1 Å². The first kappa shape index (κ1) is 16.2. The van der Waals surface area contributed by atoms with E-state index in [1.165, 1.54) is 32.1 Å². The Morgan fingerprint density at radius 2 is 2.05 bits per heavy atom. The molecule has 0 aliphatic heterocycles. The Labute approximate surface area is 128 Å². The monoisotopic (exact) mass is 291 g/mol. The zero-order valence-electron chi connectivity index (χ0n) is 13.6. The molecule has 0 saturated heterocycles. The second-order valence-electron chi connectivity index (χ2n) is 6.05. The summed E-state index contributed by atoms with van der Waals surface area (Å²) in [7, 11) is 1.63. The van der Waals surface area contributed by atoms with Crippen LogP contribution in [0.15, 0.2) is 12.1 Å². The van der Waals surface area contributed by atoms with Crippen LogP contribution in [0.5, 0.6) is 5.88 Å². The molecule has 0 radical (unpaired) electrons. The molecule has 21 heavy (non-hydrogen) atoms. The highest BCUT2D eigenvalue weighted by atomic mass is 16.5. The normalized spacial score (nSPS) is 23.8. The maximum absolute atomic E-state index is 5.12. The lowest BCUT2D eigenvalue weighted by molar-refractivity contribution is 0.172. The molecular weight excluding hydrogens is 262 g/mol. The molecule has 3 atom stereocenters. The van der Waals surface area contributed by atoms with E-state index in [1.807, 2.05) is 6.07 Å². The molecule has 0 spiro atoms. The van der Waals surface area contributed by atoms with Crippen molar-refractivity contribution in [1.82, 2.24) is 15.5 Å². The Bertz CT molecular complexity index is 407. The fourth-order valence-electron chi connectivity index (χ4n) is 3.56. The van der Waals surface area contributed by atoms with Gasteiger partial charge < -0.3 is 10.1 Å². The Morgan fingerprint density at radius 3 is 2.67 bits per heavy atom. The summed E-state index contributed by atoms with van der Waals surface area (Å²) >= 11 is 0. The van der Waals surface area contributed by atoms with Gasteiger partial charge in [0, 0.05) is 6.07 Å². The summed E-state index contributed by atoms with van der Waals surface area (Å²) in [5, 5.41) is 12.3. The van der Waals surface area contributed by atoms with Crippen LogP contribution in [-0.2, 0) is 0 Å². The Morgan fingerprint density at radius 1 is 1.24 bits per heavy atom. The zero-order chi connectivity index (χ0) is 15.1. The van der Waals surface area contributed by atoms with E-state index in [4.69, 9.17) is 4.74 Å². The van der Waals surface area contributed by atoms with Gasteiger partial charge in [-0.25, -0.2) is 0 Å². The second-order valence-corrected chi connectivity index (χ2v) is 6.05. The number of hydrogen-bond donors (Lipinski definition) is 1. The average molecular weight is 291 g/mol. The molecule has 1 aromatic rings. The molecule has 1 N–H and O–H groups in total. The highest BCUT2D eigenvalue weighted by molar-refractivity contribution is 5.15. The first-order chi connectivity index (χ1) is 10.3. The van der Waals surface area contributed by atoms with Crippen LogP contribution in [0.25, 0.3) is 0 Å². The first-order valence-electron chi connectivity index (χ1n) is 8.41.